The summed E-state index contributed by atoms with van der Waals surface area (Å²) in [6.45, 7) is 6.59. The molecule has 5 atom stereocenters. The van der Waals surface area contributed by atoms with Gasteiger partial charge in [0.25, 0.3) is 5.56 Å². The van der Waals surface area contributed by atoms with Gasteiger partial charge in [0, 0.05) is 24.6 Å². The molecule has 0 spiro atoms. The van der Waals surface area contributed by atoms with E-state index in [4.69, 9.17) is 34.6 Å². The van der Waals surface area contributed by atoms with E-state index in [2.05, 4.69) is 10.3 Å². The summed E-state index contributed by atoms with van der Waals surface area (Å²) in [7, 11) is -4.04. The van der Waals surface area contributed by atoms with Crippen molar-refractivity contribution in [1.29, 1.82) is 0 Å². The lowest BCUT2D eigenvalue weighted by Crippen LogP contribution is -2.45. The molecule has 0 aliphatic carbocycles. The van der Waals surface area contributed by atoms with Gasteiger partial charge < -0.3 is 14.8 Å². The van der Waals surface area contributed by atoms with E-state index in [0.717, 1.165) is 22.4 Å². The van der Waals surface area contributed by atoms with Crippen LogP contribution in [0.1, 0.15) is 33.9 Å². The number of ether oxygens (including phenoxy) is 2. The Morgan fingerprint density at radius 2 is 2.14 bits per heavy atom. The highest BCUT2D eigenvalue weighted by Gasteiger charge is 2.60. The van der Waals surface area contributed by atoms with Gasteiger partial charge in [-0.1, -0.05) is 25.6 Å². The predicted octanol–water partition coefficient (Wildman–Crippen LogP) is 2.00. The van der Waals surface area contributed by atoms with Crippen molar-refractivity contribution >= 4 is 42.4 Å². The first-order chi connectivity index (χ1) is 16.8. The minimum Gasteiger partial charge on any atom is -0.450 e. The Bertz CT molecular complexity index is 1140. The molecular formula is C20H29ClN3O10PS. The topological polar surface area (TPSA) is 164 Å². The molecule has 0 saturated carbocycles. The van der Waals surface area contributed by atoms with Crippen LogP contribution >= 0.6 is 31.2 Å². The van der Waals surface area contributed by atoms with E-state index < -0.39 is 53.9 Å². The Labute approximate surface area is 216 Å². The van der Waals surface area contributed by atoms with E-state index >= 15 is 0 Å². The number of thioether (sulfide) groups is 1. The number of carbonyl (C=O) groups is 2. The number of fused-ring (bicyclic) bond motifs is 1. The summed E-state index contributed by atoms with van der Waals surface area (Å²) < 4.78 is 41.0. The maximum absolute atomic E-state index is 13.0. The van der Waals surface area contributed by atoms with Crippen LogP contribution in [0.25, 0.3) is 0 Å². The van der Waals surface area contributed by atoms with Crippen LogP contribution in [0.4, 0.5) is 4.79 Å². The molecule has 16 heteroatoms. The summed E-state index contributed by atoms with van der Waals surface area (Å²) in [6, 6.07) is 1.15. The van der Waals surface area contributed by atoms with Crippen molar-refractivity contribution in [2.75, 3.05) is 32.1 Å². The second-order valence-corrected chi connectivity index (χ2v) is 12.4. The molecule has 2 fully saturated rings. The summed E-state index contributed by atoms with van der Waals surface area (Å²) in [6.07, 6.45) is -2.09. The van der Waals surface area contributed by atoms with Crippen LogP contribution in [0.2, 0.25) is 0 Å². The second-order valence-electron chi connectivity index (χ2n) is 8.89. The average Bonchev–Trinajstić information content (AvgIpc) is 3.05. The van der Waals surface area contributed by atoms with Crippen molar-refractivity contribution in [1.82, 2.24) is 14.9 Å². The summed E-state index contributed by atoms with van der Waals surface area (Å²) in [5.74, 6) is 0.149. The Kier molecular flexibility index (Phi) is 9.13. The SMILES string of the molecule is CCOC(=O)NCC(C)(C)C(=O)SCCO[P@]1(=O)OC[C@H]2O[C@@H](n3ccc(=O)[nH]c3=O)[C@](C)(Cl)[C@@H]2O1. The molecule has 2 aliphatic heterocycles. The number of nitrogens with one attached hydrogen (secondary N) is 2. The Balaban J connectivity index is 1.53. The number of H-pyrrole nitrogens is 1. The zero-order chi connectivity index (χ0) is 26.7. The fourth-order valence-corrected chi connectivity index (χ4v) is 6.37. The maximum atomic E-state index is 13.0. The molecule has 0 bridgehead atoms. The molecule has 2 aliphatic rings. The highest BCUT2D eigenvalue weighted by molar-refractivity contribution is 8.13. The van der Waals surface area contributed by atoms with Crippen LogP contribution in [-0.2, 0) is 32.4 Å². The number of phosphoric acid groups is 1. The number of alkyl carbamates (subject to hydrolysis) is 1. The summed E-state index contributed by atoms with van der Waals surface area (Å²) in [5, 5.41) is 2.32. The Morgan fingerprint density at radius 1 is 1.42 bits per heavy atom. The number of alkyl halides is 1. The molecule has 0 radical (unpaired) electrons. The summed E-state index contributed by atoms with van der Waals surface area (Å²) >= 11 is 7.63. The second kappa shape index (κ2) is 11.4. The van der Waals surface area contributed by atoms with Gasteiger partial charge >= 0.3 is 19.6 Å². The molecule has 202 valence electrons. The lowest BCUT2D eigenvalue weighted by Gasteiger charge is -2.34. The summed E-state index contributed by atoms with van der Waals surface area (Å²) in [5.41, 5.74) is -2.17. The largest absolute Gasteiger partial charge is 0.475 e. The number of phosphoric ester groups is 1. The average molecular weight is 570 g/mol. The van der Waals surface area contributed by atoms with Gasteiger partial charge in [-0.2, -0.15) is 0 Å². The zero-order valence-corrected chi connectivity index (χ0v) is 22.7. The molecule has 1 aromatic heterocycles. The van der Waals surface area contributed by atoms with E-state index in [1.807, 2.05) is 0 Å². The summed E-state index contributed by atoms with van der Waals surface area (Å²) in [4.78, 5) is 48.3. The van der Waals surface area contributed by atoms with Gasteiger partial charge in [0.15, 0.2) is 11.3 Å². The highest BCUT2D eigenvalue weighted by Crippen LogP contribution is 2.59. The van der Waals surface area contributed by atoms with E-state index in [1.54, 1.807) is 27.7 Å². The van der Waals surface area contributed by atoms with E-state index in [0.29, 0.717) is 0 Å². The van der Waals surface area contributed by atoms with Crippen LogP contribution in [0.5, 0.6) is 0 Å². The van der Waals surface area contributed by atoms with Crippen LogP contribution < -0.4 is 16.6 Å². The first-order valence-electron chi connectivity index (χ1n) is 11.1. The molecule has 1 aromatic rings. The van der Waals surface area contributed by atoms with Crippen LogP contribution in [-0.4, -0.2) is 70.0 Å². The molecule has 1 amide bonds. The highest BCUT2D eigenvalue weighted by atomic mass is 35.5. The van der Waals surface area contributed by atoms with Crippen molar-refractivity contribution < 1.29 is 37.2 Å². The van der Waals surface area contributed by atoms with Gasteiger partial charge in [0.1, 0.15) is 17.1 Å². The number of rotatable bonds is 9. The number of aromatic amines is 1. The maximum Gasteiger partial charge on any atom is 0.475 e. The van der Waals surface area contributed by atoms with Crippen LogP contribution in [0.15, 0.2) is 21.9 Å². The minimum atomic E-state index is -4.04. The van der Waals surface area contributed by atoms with E-state index in [9.17, 15) is 23.7 Å². The first-order valence-corrected chi connectivity index (χ1v) is 13.9. The van der Waals surface area contributed by atoms with Gasteiger partial charge in [0.2, 0.25) is 0 Å². The smallest absolute Gasteiger partial charge is 0.450 e. The number of aromatic nitrogens is 2. The fraction of sp³-hybridized carbons (Fsp3) is 0.700. The molecule has 3 rings (SSSR count). The molecule has 2 N–H and O–H groups in total. The monoisotopic (exact) mass is 569 g/mol. The quantitative estimate of drug-likeness (QED) is 0.254. The molecule has 0 unspecified atom stereocenters. The molecular weight excluding hydrogens is 541 g/mol. The number of nitrogens with zero attached hydrogens (tertiary/aromatic N) is 1. The lowest BCUT2D eigenvalue weighted by molar-refractivity contribution is -0.117. The molecule has 0 aromatic carbocycles. The number of carbonyl (C=O) groups excluding carboxylic acids is 2. The van der Waals surface area contributed by atoms with E-state index in [-0.39, 0.29) is 37.2 Å². The lowest BCUT2D eigenvalue weighted by atomic mass is 9.96. The van der Waals surface area contributed by atoms with Crippen molar-refractivity contribution in [3.63, 3.8) is 0 Å². The van der Waals surface area contributed by atoms with Crippen molar-refractivity contribution in [3.8, 4) is 0 Å². The molecule has 2 saturated heterocycles. The van der Waals surface area contributed by atoms with Crippen LogP contribution in [0.3, 0.4) is 0 Å². The third-order valence-electron chi connectivity index (χ3n) is 5.49. The molecule has 13 nitrogen and oxygen atoms in total. The predicted molar refractivity (Wildman–Crippen MR) is 130 cm³/mol. The third-order valence-corrected chi connectivity index (χ3v) is 8.53. The standard InChI is InChI=1S/C20H29ClN3O10PS/c1-5-30-18(28)22-11-19(2,3)16(26)36-9-8-31-35(29)32-10-12-14(34-35)20(4,21)15(33-12)24-7-6-13(25)23-17(24)27/h6-7,12,14-15H,5,8-11H2,1-4H3,(H,22,28)(H,23,25,27)/t12-,14-,15-,20-,35-/m1/s1. The minimum absolute atomic E-state index is 0.0835. The van der Waals surface area contributed by atoms with Crippen molar-refractivity contribution in [2.45, 2.75) is 51.0 Å². The van der Waals surface area contributed by atoms with Gasteiger partial charge in [-0.3, -0.25) is 32.7 Å². The third kappa shape index (κ3) is 6.60. The van der Waals surface area contributed by atoms with Crippen LogP contribution in [0, 0.1) is 5.41 Å². The molecule has 36 heavy (non-hydrogen) atoms. The fourth-order valence-electron chi connectivity index (χ4n) is 3.55. The first kappa shape index (κ1) is 28.9. The van der Waals surface area contributed by atoms with Gasteiger partial charge in [-0.25, -0.2) is 14.2 Å². The van der Waals surface area contributed by atoms with E-state index in [1.165, 1.54) is 6.20 Å². The zero-order valence-electron chi connectivity index (χ0n) is 20.2. The Morgan fingerprint density at radius 3 is 2.81 bits per heavy atom. The number of halogens is 1. The normalized spacial score (nSPS) is 30.0. The van der Waals surface area contributed by atoms with Crippen molar-refractivity contribution in [3.05, 3.63) is 33.1 Å². The van der Waals surface area contributed by atoms with Crippen molar-refractivity contribution in [2.24, 2.45) is 5.41 Å². The number of amides is 1. The number of hydrogen-bond donors (Lipinski definition) is 2. The molecule has 3 heterocycles. The van der Waals surface area contributed by atoms with Gasteiger partial charge in [0.05, 0.1) is 25.2 Å². The van der Waals surface area contributed by atoms with Gasteiger partial charge in [-0.05, 0) is 13.8 Å². The number of hydrogen-bond acceptors (Lipinski definition) is 11. The Hall–Kier alpha value is -1.67. The van der Waals surface area contributed by atoms with Gasteiger partial charge in [-0.15, -0.1) is 11.6 Å².